The lowest BCUT2D eigenvalue weighted by Gasteiger charge is -2.16. The minimum atomic E-state index is -0.371. The van der Waals surface area contributed by atoms with Gasteiger partial charge < -0.3 is 15.7 Å². The smallest absolute Gasteiger partial charge is 0.271 e. The molecule has 2 unspecified atom stereocenters. The quantitative estimate of drug-likeness (QED) is 0.650. The van der Waals surface area contributed by atoms with Crippen molar-refractivity contribution < 1.29 is 9.90 Å². The maximum absolute atomic E-state index is 11.9. The molecule has 88 valence electrons. The number of anilines is 1. The van der Waals surface area contributed by atoms with E-state index in [-0.39, 0.29) is 17.9 Å². The molecular weight excluding hydrogens is 208 g/mol. The topological polar surface area (TPSA) is 95.2 Å². The number of H-pyrrole nitrogens is 1. The zero-order chi connectivity index (χ0) is 11.7. The second kappa shape index (κ2) is 4.13. The highest BCUT2D eigenvalue weighted by molar-refractivity contribution is 5.93. The van der Waals surface area contributed by atoms with Crippen molar-refractivity contribution in [3.8, 4) is 0 Å². The number of hydrogen-bond donors (Lipinski definition) is 3. The van der Waals surface area contributed by atoms with Crippen LogP contribution in [-0.2, 0) is 0 Å². The van der Waals surface area contributed by atoms with Gasteiger partial charge in [-0.15, -0.1) is 0 Å². The van der Waals surface area contributed by atoms with Crippen LogP contribution >= 0.6 is 0 Å². The molecule has 6 nitrogen and oxygen atoms in total. The molecule has 16 heavy (non-hydrogen) atoms. The summed E-state index contributed by atoms with van der Waals surface area (Å²) in [6, 6.07) is 1.53. The van der Waals surface area contributed by atoms with E-state index in [1.54, 1.807) is 11.8 Å². The monoisotopic (exact) mass is 224 g/mol. The number of aliphatic hydroxyl groups excluding tert-OH is 1. The highest BCUT2D eigenvalue weighted by Gasteiger charge is 2.30. The Balaban J connectivity index is 2.02. The number of rotatable bonds is 2. The van der Waals surface area contributed by atoms with Gasteiger partial charge in [0.15, 0.2) is 0 Å². The van der Waals surface area contributed by atoms with Crippen molar-refractivity contribution in [2.45, 2.75) is 19.4 Å². The summed E-state index contributed by atoms with van der Waals surface area (Å²) >= 11 is 0. The number of amides is 1. The maximum atomic E-state index is 11.9. The van der Waals surface area contributed by atoms with E-state index in [1.807, 2.05) is 0 Å². The molecule has 1 aromatic rings. The van der Waals surface area contributed by atoms with Crippen molar-refractivity contribution >= 4 is 11.7 Å². The first-order valence-electron chi connectivity index (χ1n) is 5.36. The van der Waals surface area contributed by atoms with Gasteiger partial charge >= 0.3 is 0 Å². The molecule has 0 aliphatic carbocycles. The van der Waals surface area contributed by atoms with Gasteiger partial charge in [-0.25, -0.2) is 0 Å². The van der Waals surface area contributed by atoms with Gasteiger partial charge in [0, 0.05) is 25.1 Å². The Kier molecular flexibility index (Phi) is 2.82. The Morgan fingerprint density at radius 3 is 3.06 bits per heavy atom. The number of nitrogens with one attached hydrogen (secondary N) is 1. The Hall–Kier alpha value is -1.56. The van der Waals surface area contributed by atoms with Crippen molar-refractivity contribution in [3.05, 3.63) is 11.8 Å². The fourth-order valence-electron chi connectivity index (χ4n) is 1.98. The maximum Gasteiger partial charge on any atom is 0.271 e. The lowest BCUT2D eigenvalue weighted by Crippen LogP contribution is -2.30. The summed E-state index contributed by atoms with van der Waals surface area (Å²) in [7, 11) is 0. The van der Waals surface area contributed by atoms with E-state index in [0.717, 1.165) is 6.42 Å². The van der Waals surface area contributed by atoms with Crippen LogP contribution in [-0.4, -0.2) is 45.3 Å². The van der Waals surface area contributed by atoms with Crippen LogP contribution in [0.4, 0.5) is 5.82 Å². The Morgan fingerprint density at radius 1 is 1.81 bits per heavy atom. The number of likely N-dealkylation sites (tertiary alicyclic amines) is 1. The molecular formula is C10H16N4O2. The number of nitrogen functional groups attached to an aromatic ring is 1. The molecule has 0 radical (unpaired) electrons. The number of nitrogens with zero attached hydrogens (tertiary/aromatic N) is 2. The Labute approximate surface area is 93.4 Å². The van der Waals surface area contributed by atoms with E-state index in [0.29, 0.717) is 24.6 Å². The van der Waals surface area contributed by atoms with Gasteiger partial charge in [0.1, 0.15) is 11.5 Å². The summed E-state index contributed by atoms with van der Waals surface area (Å²) in [6.07, 6.45) is 0.470. The number of nitrogens with two attached hydrogens (primary N) is 1. The van der Waals surface area contributed by atoms with E-state index in [9.17, 15) is 9.90 Å². The van der Waals surface area contributed by atoms with E-state index in [2.05, 4.69) is 10.2 Å². The number of hydrogen-bond acceptors (Lipinski definition) is 4. The van der Waals surface area contributed by atoms with Crippen LogP contribution in [0.15, 0.2) is 6.07 Å². The average Bonchev–Trinajstić information content (AvgIpc) is 2.84. The van der Waals surface area contributed by atoms with Crippen molar-refractivity contribution in [1.29, 1.82) is 0 Å². The lowest BCUT2D eigenvalue weighted by atomic mass is 10.0. The van der Waals surface area contributed by atoms with Crippen molar-refractivity contribution in [2.75, 3.05) is 18.8 Å². The third kappa shape index (κ3) is 2.01. The molecule has 1 aliphatic heterocycles. The molecule has 1 amide bonds. The normalized spacial score (nSPS) is 22.4. The van der Waals surface area contributed by atoms with E-state index < -0.39 is 0 Å². The summed E-state index contributed by atoms with van der Waals surface area (Å²) in [5.74, 6) is 0.381. The zero-order valence-electron chi connectivity index (χ0n) is 9.18. The summed E-state index contributed by atoms with van der Waals surface area (Å²) < 4.78 is 0. The first-order valence-corrected chi connectivity index (χ1v) is 5.36. The minimum Gasteiger partial charge on any atom is -0.393 e. The third-order valence-electron chi connectivity index (χ3n) is 3.02. The molecule has 1 aliphatic rings. The minimum absolute atomic E-state index is 0.104. The Morgan fingerprint density at radius 2 is 2.56 bits per heavy atom. The summed E-state index contributed by atoms with van der Waals surface area (Å²) in [6.45, 7) is 3.02. The predicted molar refractivity (Wildman–Crippen MR) is 58.7 cm³/mol. The van der Waals surface area contributed by atoms with Crippen LogP contribution < -0.4 is 5.73 Å². The lowest BCUT2D eigenvalue weighted by molar-refractivity contribution is 0.0757. The van der Waals surface area contributed by atoms with Gasteiger partial charge in [-0.1, -0.05) is 0 Å². The highest BCUT2D eigenvalue weighted by Crippen LogP contribution is 2.21. The van der Waals surface area contributed by atoms with Crippen molar-refractivity contribution in [1.82, 2.24) is 15.1 Å². The van der Waals surface area contributed by atoms with Gasteiger partial charge in [-0.3, -0.25) is 9.89 Å². The fraction of sp³-hybridized carbons (Fsp3) is 0.600. The molecule has 6 heteroatoms. The zero-order valence-corrected chi connectivity index (χ0v) is 9.18. The number of carbonyl (C=O) groups excluding carboxylic acids is 1. The van der Waals surface area contributed by atoms with E-state index in [4.69, 9.17) is 5.73 Å². The second-order valence-electron chi connectivity index (χ2n) is 4.25. The predicted octanol–water partition coefficient (Wildman–Crippen LogP) is -0.165. The van der Waals surface area contributed by atoms with Crippen molar-refractivity contribution in [2.24, 2.45) is 5.92 Å². The molecule has 0 aromatic carbocycles. The molecule has 2 heterocycles. The molecule has 0 saturated carbocycles. The number of aromatic nitrogens is 2. The third-order valence-corrected chi connectivity index (χ3v) is 3.02. The molecule has 2 rings (SSSR count). The first kappa shape index (κ1) is 10.9. The Bertz CT molecular complexity index is 388. The van der Waals surface area contributed by atoms with Gasteiger partial charge in [-0.05, 0) is 13.3 Å². The van der Waals surface area contributed by atoms with E-state index >= 15 is 0 Å². The summed E-state index contributed by atoms with van der Waals surface area (Å²) in [4.78, 5) is 13.7. The SMILES string of the molecule is CC(O)C1CCN(C(=O)c2cc(N)n[nH]2)C1. The summed E-state index contributed by atoms with van der Waals surface area (Å²) in [5, 5.41) is 15.8. The molecule has 4 N–H and O–H groups in total. The van der Waals surface area contributed by atoms with Crippen LogP contribution in [0, 0.1) is 5.92 Å². The molecule has 2 atom stereocenters. The van der Waals surface area contributed by atoms with Crippen LogP contribution in [0.2, 0.25) is 0 Å². The van der Waals surface area contributed by atoms with Gasteiger partial charge in [0.05, 0.1) is 6.10 Å². The average molecular weight is 224 g/mol. The first-order chi connectivity index (χ1) is 7.58. The number of aliphatic hydroxyl groups is 1. The molecule has 1 saturated heterocycles. The highest BCUT2D eigenvalue weighted by atomic mass is 16.3. The van der Waals surface area contributed by atoms with Crippen LogP contribution in [0.25, 0.3) is 0 Å². The number of aromatic amines is 1. The van der Waals surface area contributed by atoms with Crippen LogP contribution in [0.5, 0.6) is 0 Å². The molecule has 0 bridgehead atoms. The van der Waals surface area contributed by atoms with Crippen LogP contribution in [0.3, 0.4) is 0 Å². The largest absolute Gasteiger partial charge is 0.393 e. The summed E-state index contributed by atoms with van der Waals surface area (Å²) in [5.41, 5.74) is 5.84. The van der Waals surface area contributed by atoms with Gasteiger partial charge in [0.25, 0.3) is 5.91 Å². The van der Waals surface area contributed by atoms with Gasteiger partial charge in [0.2, 0.25) is 0 Å². The standard InChI is InChI=1S/C10H16N4O2/c1-6(15)7-2-3-14(5-7)10(16)8-4-9(11)13-12-8/h4,6-7,15H,2-3,5H2,1H3,(H3,11,12,13). The van der Waals surface area contributed by atoms with Crippen molar-refractivity contribution in [3.63, 3.8) is 0 Å². The van der Waals surface area contributed by atoms with Crippen LogP contribution in [0.1, 0.15) is 23.8 Å². The van der Waals surface area contributed by atoms with Gasteiger partial charge in [-0.2, -0.15) is 5.10 Å². The number of carbonyl (C=O) groups is 1. The second-order valence-corrected chi connectivity index (χ2v) is 4.25. The molecule has 1 aromatic heterocycles. The fourth-order valence-corrected chi connectivity index (χ4v) is 1.98. The molecule has 0 spiro atoms. The molecule has 1 fully saturated rings. The van der Waals surface area contributed by atoms with E-state index in [1.165, 1.54) is 6.07 Å².